The topological polar surface area (TPSA) is 70.5 Å². The number of carboxylic acids is 1. The molecule has 0 aromatic carbocycles. The van der Waals surface area contributed by atoms with E-state index in [0.717, 1.165) is 12.0 Å². The molecule has 5 heteroatoms. The van der Waals surface area contributed by atoms with Gasteiger partial charge in [0.1, 0.15) is 11.7 Å². The predicted molar refractivity (Wildman–Crippen MR) is 60.7 cm³/mol. The van der Waals surface area contributed by atoms with Gasteiger partial charge in [-0.05, 0) is 31.4 Å². The van der Waals surface area contributed by atoms with E-state index in [2.05, 4.69) is 4.98 Å². The van der Waals surface area contributed by atoms with E-state index < -0.39 is 12.0 Å². The zero-order chi connectivity index (χ0) is 12.4. The van der Waals surface area contributed by atoms with Crippen molar-refractivity contribution in [2.24, 2.45) is 0 Å². The number of rotatable bonds is 2. The van der Waals surface area contributed by atoms with Crippen LogP contribution in [-0.4, -0.2) is 39.5 Å². The van der Waals surface area contributed by atoms with Gasteiger partial charge in [-0.3, -0.25) is 9.78 Å². The minimum Gasteiger partial charge on any atom is -0.480 e. The molecular formula is C12H14N2O3. The normalized spacial score (nSPS) is 19.4. The van der Waals surface area contributed by atoms with E-state index in [0.29, 0.717) is 18.7 Å². The minimum absolute atomic E-state index is 0.296. The van der Waals surface area contributed by atoms with Crippen LogP contribution >= 0.6 is 0 Å². The van der Waals surface area contributed by atoms with E-state index in [1.807, 2.05) is 6.92 Å². The number of carbonyl (C=O) groups excluding carboxylic acids is 1. The highest BCUT2D eigenvalue weighted by molar-refractivity contribution is 5.95. The minimum atomic E-state index is -0.942. The molecule has 1 aliphatic rings. The van der Waals surface area contributed by atoms with Gasteiger partial charge in [0, 0.05) is 12.7 Å². The van der Waals surface area contributed by atoms with Crippen molar-refractivity contribution in [2.45, 2.75) is 25.8 Å². The van der Waals surface area contributed by atoms with Gasteiger partial charge in [-0.1, -0.05) is 6.07 Å². The average molecular weight is 234 g/mol. The van der Waals surface area contributed by atoms with Crippen LogP contribution in [0.2, 0.25) is 0 Å². The Bertz CT molecular complexity index is 442. The average Bonchev–Trinajstić information content (AvgIpc) is 2.78. The van der Waals surface area contributed by atoms with Gasteiger partial charge >= 0.3 is 5.97 Å². The first-order valence-corrected chi connectivity index (χ1v) is 5.56. The third-order valence-corrected chi connectivity index (χ3v) is 2.93. The lowest BCUT2D eigenvalue weighted by Crippen LogP contribution is -2.40. The van der Waals surface area contributed by atoms with Crippen molar-refractivity contribution in [3.8, 4) is 0 Å². The smallest absolute Gasteiger partial charge is 0.326 e. The van der Waals surface area contributed by atoms with Gasteiger partial charge in [-0.2, -0.15) is 0 Å². The first-order valence-electron chi connectivity index (χ1n) is 5.56. The molecule has 2 rings (SSSR count). The van der Waals surface area contributed by atoms with E-state index >= 15 is 0 Å². The molecule has 0 bridgehead atoms. The lowest BCUT2D eigenvalue weighted by atomic mass is 10.2. The molecule has 0 unspecified atom stereocenters. The van der Waals surface area contributed by atoms with Crippen molar-refractivity contribution in [3.63, 3.8) is 0 Å². The molecule has 1 aliphatic heterocycles. The third-order valence-electron chi connectivity index (χ3n) is 2.93. The highest BCUT2D eigenvalue weighted by Gasteiger charge is 2.34. The second-order valence-corrected chi connectivity index (χ2v) is 4.22. The number of aryl methyl sites for hydroxylation is 1. The zero-order valence-corrected chi connectivity index (χ0v) is 9.59. The van der Waals surface area contributed by atoms with Crippen LogP contribution in [0.3, 0.4) is 0 Å². The maximum absolute atomic E-state index is 12.1. The summed E-state index contributed by atoms with van der Waals surface area (Å²) in [5.41, 5.74) is 1.28. The van der Waals surface area contributed by atoms with E-state index in [9.17, 15) is 9.59 Å². The lowest BCUT2D eigenvalue weighted by Gasteiger charge is -2.20. The molecule has 2 heterocycles. The molecule has 5 nitrogen and oxygen atoms in total. The van der Waals surface area contributed by atoms with E-state index in [1.165, 1.54) is 4.90 Å². The number of aliphatic carboxylic acids is 1. The molecule has 0 spiro atoms. The van der Waals surface area contributed by atoms with Crippen LogP contribution < -0.4 is 0 Å². The maximum Gasteiger partial charge on any atom is 0.326 e. The van der Waals surface area contributed by atoms with Gasteiger partial charge in [-0.15, -0.1) is 0 Å². The highest BCUT2D eigenvalue weighted by Crippen LogP contribution is 2.19. The van der Waals surface area contributed by atoms with Crippen LogP contribution in [0, 0.1) is 6.92 Å². The second kappa shape index (κ2) is 4.53. The van der Waals surface area contributed by atoms with Crippen molar-refractivity contribution >= 4 is 11.9 Å². The Balaban J connectivity index is 2.19. The fourth-order valence-electron chi connectivity index (χ4n) is 2.01. The third kappa shape index (κ3) is 2.27. The number of nitrogens with zero attached hydrogens (tertiary/aromatic N) is 2. The Morgan fingerprint density at radius 1 is 1.47 bits per heavy atom. The molecule has 1 aromatic rings. The number of amides is 1. The summed E-state index contributed by atoms with van der Waals surface area (Å²) in [4.78, 5) is 28.5. The molecule has 1 atom stereocenters. The number of aromatic nitrogens is 1. The molecular weight excluding hydrogens is 220 g/mol. The number of carboxylic acid groups (broad SMARTS) is 1. The molecule has 0 aliphatic carbocycles. The molecule has 1 N–H and O–H groups in total. The number of hydrogen-bond donors (Lipinski definition) is 1. The summed E-state index contributed by atoms with van der Waals surface area (Å²) in [6.07, 6.45) is 2.86. The van der Waals surface area contributed by atoms with Gasteiger partial charge in [0.25, 0.3) is 5.91 Å². The summed E-state index contributed by atoms with van der Waals surface area (Å²) in [6, 6.07) is 2.73. The van der Waals surface area contributed by atoms with Crippen LogP contribution in [0.25, 0.3) is 0 Å². The Hall–Kier alpha value is -1.91. The summed E-state index contributed by atoms with van der Waals surface area (Å²) in [5, 5.41) is 9.01. The standard InChI is InChI=1S/C12H14N2O3/c1-8-4-5-9(13-7-8)11(15)14-6-2-3-10(14)12(16)17/h4-5,7,10H,2-3,6H2,1H3,(H,16,17)/t10-/m0/s1. The predicted octanol–water partition coefficient (Wildman–Crippen LogP) is 1.08. The quantitative estimate of drug-likeness (QED) is 0.831. The Morgan fingerprint density at radius 2 is 2.24 bits per heavy atom. The molecule has 1 fully saturated rings. The fourth-order valence-corrected chi connectivity index (χ4v) is 2.01. The highest BCUT2D eigenvalue weighted by atomic mass is 16.4. The van der Waals surface area contributed by atoms with Crippen LogP contribution in [0.4, 0.5) is 0 Å². The molecule has 1 amide bonds. The molecule has 17 heavy (non-hydrogen) atoms. The summed E-state index contributed by atoms with van der Waals surface area (Å²) < 4.78 is 0. The lowest BCUT2D eigenvalue weighted by molar-refractivity contribution is -0.141. The molecule has 0 saturated carbocycles. The van der Waals surface area contributed by atoms with Crippen LogP contribution in [0.1, 0.15) is 28.9 Å². The van der Waals surface area contributed by atoms with Gasteiger partial charge in [0.2, 0.25) is 0 Å². The Labute approximate surface area is 99.1 Å². The van der Waals surface area contributed by atoms with Crippen molar-refractivity contribution in [1.82, 2.24) is 9.88 Å². The molecule has 0 radical (unpaired) electrons. The van der Waals surface area contributed by atoms with Gasteiger partial charge in [0.15, 0.2) is 0 Å². The van der Waals surface area contributed by atoms with Crippen molar-refractivity contribution < 1.29 is 14.7 Å². The van der Waals surface area contributed by atoms with Crippen LogP contribution in [0.15, 0.2) is 18.3 Å². The van der Waals surface area contributed by atoms with Crippen molar-refractivity contribution in [1.29, 1.82) is 0 Å². The van der Waals surface area contributed by atoms with Crippen molar-refractivity contribution in [3.05, 3.63) is 29.6 Å². The SMILES string of the molecule is Cc1ccc(C(=O)N2CCC[C@H]2C(=O)O)nc1. The zero-order valence-electron chi connectivity index (χ0n) is 9.59. The molecule has 1 aromatic heterocycles. The number of pyridine rings is 1. The molecule has 90 valence electrons. The second-order valence-electron chi connectivity index (χ2n) is 4.22. The first-order chi connectivity index (χ1) is 8.09. The van der Waals surface area contributed by atoms with Gasteiger partial charge in [-0.25, -0.2) is 4.79 Å². The number of carbonyl (C=O) groups is 2. The largest absolute Gasteiger partial charge is 0.480 e. The van der Waals surface area contributed by atoms with Crippen LogP contribution in [-0.2, 0) is 4.79 Å². The monoisotopic (exact) mass is 234 g/mol. The summed E-state index contributed by atoms with van der Waals surface area (Å²) in [7, 11) is 0. The first kappa shape index (κ1) is 11.6. The molecule has 1 saturated heterocycles. The summed E-state index contributed by atoms with van der Waals surface area (Å²) >= 11 is 0. The Kier molecular flexibility index (Phi) is 3.08. The summed E-state index contributed by atoms with van der Waals surface area (Å²) in [6.45, 7) is 2.38. The Morgan fingerprint density at radius 3 is 2.82 bits per heavy atom. The summed E-state index contributed by atoms with van der Waals surface area (Å²) in [5.74, 6) is -1.24. The van der Waals surface area contributed by atoms with E-state index in [1.54, 1.807) is 18.3 Å². The van der Waals surface area contributed by atoms with E-state index in [-0.39, 0.29) is 5.91 Å². The number of hydrogen-bond acceptors (Lipinski definition) is 3. The fraction of sp³-hybridized carbons (Fsp3) is 0.417. The number of likely N-dealkylation sites (tertiary alicyclic amines) is 1. The van der Waals surface area contributed by atoms with Crippen molar-refractivity contribution in [2.75, 3.05) is 6.54 Å². The van der Waals surface area contributed by atoms with Crippen LogP contribution in [0.5, 0.6) is 0 Å². The van der Waals surface area contributed by atoms with Gasteiger partial charge in [0.05, 0.1) is 0 Å². The van der Waals surface area contributed by atoms with E-state index in [4.69, 9.17) is 5.11 Å². The van der Waals surface area contributed by atoms with Gasteiger partial charge < -0.3 is 10.0 Å². The maximum atomic E-state index is 12.1.